The standard InChI is InChI=1S/C20H24N2/c1-12(2)18-15-11-14(20(15,3)4)13-8-9-17(22-19(13)18)16-7-5-6-10-21-16/h5-10,12,14-15,18H,11H2,1-4H3/t14-,15+,18-/m0/s1. The van der Waals surface area contributed by atoms with Crippen LogP contribution in [0, 0.1) is 17.3 Å². The van der Waals surface area contributed by atoms with E-state index in [0.717, 1.165) is 17.3 Å². The summed E-state index contributed by atoms with van der Waals surface area (Å²) in [6.45, 7) is 9.57. The number of nitrogens with zero attached hydrogens (tertiary/aromatic N) is 2. The molecule has 2 aromatic rings. The minimum atomic E-state index is 0.427. The molecule has 0 radical (unpaired) electrons. The molecule has 0 spiro atoms. The maximum absolute atomic E-state index is 5.07. The van der Waals surface area contributed by atoms with Gasteiger partial charge in [0.1, 0.15) is 0 Å². The molecule has 1 fully saturated rings. The smallest absolute Gasteiger partial charge is 0.0889 e. The van der Waals surface area contributed by atoms with Crippen LogP contribution < -0.4 is 0 Å². The monoisotopic (exact) mass is 292 g/mol. The van der Waals surface area contributed by atoms with Crippen molar-refractivity contribution in [2.75, 3.05) is 0 Å². The normalized spacial score (nSPS) is 28.1. The summed E-state index contributed by atoms with van der Waals surface area (Å²) in [5.74, 6) is 2.68. The lowest BCUT2D eigenvalue weighted by Crippen LogP contribution is -2.51. The van der Waals surface area contributed by atoms with Gasteiger partial charge < -0.3 is 0 Å². The summed E-state index contributed by atoms with van der Waals surface area (Å²) in [5, 5.41) is 0. The molecule has 0 aliphatic heterocycles. The van der Waals surface area contributed by atoms with E-state index in [4.69, 9.17) is 4.98 Å². The summed E-state index contributed by atoms with van der Waals surface area (Å²) in [7, 11) is 0. The van der Waals surface area contributed by atoms with Crippen molar-refractivity contribution in [3.63, 3.8) is 0 Å². The Balaban J connectivity index is 1.85. The second-order valence-corrected chi connectivity index (χ2v) is 7.87. The van der Waals surface area contributed by atoms with Gasteiger partial charge in [-0.3, -0.25) is 9.97 Å². The molecule has 114 valence electrons. The van der Waals surface area contributed by atoms with Crippen molar-refractivity contribution in [2.45, 2.75) is 46.0 Å². The second-order valence-electron chi connectivity index (χ2n) is 7.87. The van der Waals surface area contributed by atoms with E-state index in [1.807, 2.05) is 24.4 Å². The van der Waals surface area contributed by atoms with Gasteiger partial charge in [-0.15, -0.1) is 0 Å². The molecule has 0 unspecified atom stereocenters. The Morgan fingerprint density at radius 1 is 1.09 bits per heavy atom. The summed E-state index contributed by atoms with van der Waals surface area (Å²) >= 11 is 0. The van der Waals surface area contributed by atoms with Gasteiger partial charge in [0.25, 0.3) is 0 Å². The fourth-order valence-electron chi connectivity index (χ4n) is 4.77. The summed E-state index contributed by atoms with van der Waals surface area (Å²) in [6, 6.07) is 10.5. The van der Waals surface area contributed by atoms with Gasteiger partial charge in [-0.2, -0.15) is 0 Å². The molecular weight excluding hydrogens is 268 g/mol. The molecule has 3 atom stereocenters. The lowest BCUT2D eigenvalue weighted by Gasteiger charge is -2.61. The molecule has 0 N–H and O–H groups in total. The maximum atomic E-state index is 5.07. The SMILES string of the molecule is CC(C)[C@@H]1c2nc(-c3ccccn3)ccc2[C@@H]2C[C@H]1C2(C)C. The molecular formula is C20H24N2. The molecule has 2 heteroatoms. The van der Waals surface area contributed by atoms with E-state index in [-0.39, 0.29) is 0 Å². The molecule has 3 aliphatic carbocycles. The van der Waals surface area contributed by atoms with E-state index in [2.05, 4.69) is 44.8 Å². The fourth-order valence-corrected chi connectivity index (χ4v) is 4.77. The highest BCUT2D eigenvalue weighted by Crippen LogP contribution is 2.67. The van der Waals surface area contributed by atoms with Crippen LogP contribution in [0.2, 0.25) is 0 Å². The number of hydrogen-bond acceptors (Lipinski definition) is 2. The van der Waals surface area contributed by atoms with Crippen molar-refractivity contribution in [2.24, 2.45) is 17.3 Å². The van der Waals surface area contributed by atoms with Crippen molar-refractivity contribution < 1.29 is 0 Å². The number of rotatable bonds is 2. The number of hydrogen-bond donors (Lipinski definition) is 0. The zero-order chi connectivity index (χ0) is 15.5. The van der Waals surface area contributed by atoms with E-state index >= 15 is 0 Å². The van der Waals surface area contributed by atoms with Gasteiger partial charge in [-0.05, 0) is 53.4 Å². The third kappa shape index (κ3) is 1.79. The third-order valence-electron chi connectivity index (χ3n) is 6.07. The van der Waals surface area contributed by atoms with E-state index < -0.39 is 0 Å². The molecule has 5 rings (SSSR count). The number of aromatic nitrogens is 2. The third-order valence-corrected chi connectivity index (χ3v) is 6.07. The van der Waals surface area contributed by atoms with E-state index in [9.17, 15) is 0 Å². The predicted octanol–water partition coefficient (Wildman–Crippen LogP) is 5.03. The van der Waals surface area contributed by atoms with E-state index in [0.29, 0.717) is 23.2 Å². The van der Waals surface area contributed by atoms with Crippen LogP contribution in [0.15, 0.2) is 36.5 Å². The van der Waals surface area contributed by atoms with Crippen LogP contribution in [0.4, 0.5) is 0 Å². The lowest BCUT2D eigenvalue weighted by molar-refractivity contribution is -0.0198. The largest absolute Gasteiger partial charge is 0.255 e. The van der Waals surface area contributed by atoms with E-state index in [1.165, 1.54) is 17.7 Å². The number of pyridine rings is 2. The summed E-state index contributed by atoms with van der Waals surface area (Å²) < 4.78 is 0. The molecule has 0 aromatic carbocycles. The molecule has 2 bridgehead atoms. The first-order valence-corrected chi connectivity index (χ1v) is 8.42. The first-order chi connectivity index (χ1) is 10.5. The minimum Gasteiger partial charge on any atom is -0.255 e. The lowest BCUT2D eigenvalue weighted by atomic mass is 9.43. The molecule has 2 nitrogen and oxygen atoms in total. The molecule has 2 heterocycles. The molecule has 0 saturated heterocycles. The molecule has 0 amide bonds. The minimum absolute atomic E-state index is 0.427. The van der Waals surface area contributed by atoms with Crippen LogP contribution in [-0.4, -0.2) is 9.97 Å². The first-order valence-electron chi connectivity index (χ1n) is 8.42. The summed E-state index contributed by atoms with van der Waals surface area (Å²) in [4.78, 5) is 9.53. The highest BCUT2D eigenvalue weighted by molar-refractivity contribution is 5.56. The van der Waals surface area contributed by atoms with Crippen LogP contribution in [-0.2, 0) is 0 Å². The van der Waals surface area contributed by atoms with Crippen molar-refractivity contribution in [1.29, 1.82) is 0 Å². The average molecular weight is 292 g/mol. The van der Waals surface area contributed by atoms with Crippen molar-refractivity contribution in [1.82, 2.24) is 9.97 Å². The Bertz CT molecular complexity index is 703. The van der Waals surface area contributed by atoms with Gasteiger partial charge in [0.05, 0.1) is 11.4 Å². The van der Waals surface area contributed by atoms with Crippen molar-refractivity contribution in [3.05, 3.63) is 47.8 Å². The highest BCUT2D eigenvalue weighted by Gasteiger charge is 2.57. The van der Waals surface area contributed by atoms with Gasteiger partial charge >= 0.3 is 0 Å². The topological polar surface area (TPSA) is 25.8 Å². The van der Waals surface area contributed by atoms with E-state index in [1.54, 1.807) is 0 Å². The Morgan fingerprint density at radius 3 is 2.55 bits per heavy atom. The Labute approximate surface area is 133 Å². The zero-order valence-corrected chi connectivity index (χ0v) is 13.9. The fraction of sp³-hybridized carbons (Fsp3) is 0.500. The summed E-state index contributed by atoms with van der Waals surface area (Å²) in [6.07, 6.45) is 3.18. The van der Waals surface area contributed by atoms with Gasteiger partial charge in [0, 0.05) is 17.8 Å². The molecule has 2 aromatic heterocycles. The van der Waals surface area contributed by atoms with Gasteiger partial charge in [0.2, 0.25) is 0 Å². The molecule has 3 aliphatic rings. The zero-order valence-electron chi connectivity index (χ0n) is 13.9. The predicted molar refractivity (Wildman–Crippen MR) is 89.7 cm³/mol. The first kappa shape index (κ1) is 13.9. The Hall–Kier alpha value is -1.70. The van der Waals surface area contributed by atoms with Crippen LogP contribution in [0.1, 0.15) is 57.2 Å². The van der Waals surface area contributed by atoms with Crippen LogP contribution in [0.3, 0.4) is 0 Å². The van der Waals surface area contributed by atoms with Crippen LogP contribution >= 0.6 is 0 Å². The average Bonchev–Trinajstić information content (AvgIpc) is 2.53. The Kier molecular flexibility index (Phi) is 2.94. The van der Waals surface area contributed by atoms with Crippen molar-refractivity contribution in [3.8, 4) is 11.4 Å². The second kappa shape index (κ2) is 4.65. The highest BCUT2D eigenvalue weighted by atomic mass is 14.8. The van der Waals surface area contributed by atoms with Crippen molar-refractivity contribution >= 4 is 0 Å². The van der Waals surface area contributed by atoms with Gasteiger partial charge in [0.15, 0.2) is 0 Å². The van der Waals surface area contributed by atoms with Crippen LogP contribution in [0.25, 0.3) is 11.4 Å². The summed E-state index contributed by atoms with van der Waals surface area (Å²) in [5.41, 5.74) is 5.26. The van der Waals surface area contributed by atoms with Gasteiger partial charge in [-0.1, -0.05) is 39.8 Å². The Morgan fingerprint density at radius 2 is 1.91 bits per heavy atom. The maximum Gasteiger partial charge on any atom is 0.0889 e. The van der Waals surface area contributed by atoms with Crippen LogP contribution in [0.5, 0.6) is 0 Å². The molecule has 1 saturated carbocycles. The molecule has 22 heavy (non-hydrogen) atoms. The quantitative estimate of drug-likeness (QED) is 0.776. The van der Waals surface area contributed by atoms with Gasteiger partial charge in [-0.25, -0.2) is 0 Å².